The molecule has 3 heterocycles. The van der Waals surface area contributed by atoms with Crippen LogP contribution in [0.3, 0.4) is 0 Å². The number of hydrogen-bond donors (Lipinski definition) is 0. The number of nitrogens with zero attached hydrogens (tertiary/aromatic N) is 2. The molecule has 2 aromatic rings. The highest BCUT2D eigenvalue weighted by atomic mass is 32.2. The summed E-state index contributed by atoms with van der Waals surface area (Å²) in [5.41, 5.74) is 0. The molecule has 1 fully saturated rings. The third-order valence-corrected chi connectivity index (χ3v) is 6.73. The molecule has 8 nitrogen and oxygen atoms in total. The summed E-state index contributed by atoms with van der Waals surface area (Å²) < 4.78 is 44.0. The summed E-state index contributed by atoms with van der Waals surface area (Å²) in [6, 6.07) is 7.97. The van der Waals surface area contributed by atoms with Gasteiger partial charge in [0.15, 0.2) is 17.3 Å². The number of fused-ring (bicyclic) bond motifs is 1. The van der Waals surface area contributed by atoms with Gasteiger partial charge in [-0.15, -0.1) is 0 Å². The van der Waals surface area contributed by atoms with E-state index >= 15 is 0 Å². The van der Waals surface area contributed by atoms with Gasteiger partial charge in [0.1, 0.15) is 0 Å². The van der Waals surface area contributed by atoms with E-state index in [1.54, 1.807) is 29.2 Å². The van der Waals surface area contributed by atoms with Crippen molar-refractivity contribution in [3.63, 3.8) is 0 Å². The minimum atomic E-state index is -3.70. The van der Waals surface area contributed by atoms with Crippen molar-refractivity contribution in [1.82, 2.24) is 9.21 Å². The first-order valence-corrected chi connectivity index (χ1v) is 10.7. The van der Waals surface area contributed by atoms with Gasteiger partial charge in [-0.2, -0.15) is 4.31 Å². The Labute approximate surface area is 163 Å². The van der Waals surface area contributed by atoms with Gasteiger partial charge in [0.2, 0.25) is 10.0 Å². The summed E-state index contributed by atoms with van der Waals surface area (Å²) in [5.74, 6) is 1.05. The van der Waals surface area contributed by atoms with E-state index in [2.05, 4.69) is 0 Å². The lowest BCUT2D eigenvalue weighted by Crippen LogP contribution is -2.37. The van der Waals surface area contributed by atoms with Gasteiger partial charge in [-0.25, -0.2) is 8.42 Å². The molecule has 0 aliphatic carbocycles. The molecule has 0 unspecified atom stereocenters. The first kappa shape index (κ1) is 18.8. The van der Waals surface area contributed by atoms with Gasteiger partial charge in [-0.3, -0.25) is 4.79 Å². The van der Waals surface area contributed by atoms with E-state index in [-0.39, 0.29) is 23.1 Å². The van der Waals surface area contributed by atoms with Crippen LogP contribution in [0.4, 0.5) is 0 Å². The second-order valence-electron chi connectivity index (χ2n) is 6.69. The van der Waals surface area contributed by atoms with E-state index < -0.39 is 10.0 Å². The molecule has 0 spiro atoms. The largest absolute Gasteiger partial charge is 0.490 e. The maximum atomic E-state index is 13.1. The van der Waals surface area contributed by atoms with Gasteiger partial charge >= 0.3 is 0 Å². The van der Waals surface area contributed by atoms with Crippen molar-refractivity contribution < 1.29 is 27.1 Å². The zero-order valence-electron chi connectivity index (χ0n) is 15.4. The number of benzene rings is 1. The van der Waals surface area contributed by atoms with Crippen LogP contribution in [0.2, 0.25) is 0 Å². The van der Waals surface area contributed by atoms with Gasteiger partial charge in [-0.05, 0) is 30.7 Å². The molecule has 0 saturated carbocycles. The quantitative estimate of drug-likeness (QED) is 0.774. The minimum Gasteiger partial charge on any atom is -0.490 e. The van der Waals surface area contributed by atoms with E-state index in [9.17, 15) is 13.2 Å². The molecule has 28 heavy (non-hydrogen) atoms. The number of hydrogen-bond acceptors (Lipinski definition) is 6. The molecule has 1 aromatic heterocycles. The van der Waals surface area contributed by atoms with Gasteiger partial charge in [-0.1, -0.05) is 0 Å². The van der Waals surface area contributed by atoms with Gasteiger partial charge in [0.05, 0.1) is 24.4 Å². The highest BCUT2D eigenvalue weighted by Crippen LogP contribution is 2.33. The predicted molar refractivity (Wildman–Crippen MR) is 100 cm³/mol. The van der Waals surface area contributed by atoms with E-state index in [4.69, 9.17) is 13.9 Å². The lowest BCUT2D eigenvalue weighted by molar-refractivity contribution is 0.0732. The van der Waals surface area contributed by atoms with Gasteiger partial charge in [0, 0.05) is 38.7 Å². The zero-order valence-corrected chi connectivity index (χ0v) is 16.2. The van der Waals surface area contributed by atoms with Gasteiger partial charge < -0.3 is 18.8 Å². The summed E-state index contributed by atoms with van der Waals surface area (Å²) in [6.45, 7) is 2.40. The number of carbonyl (C=O) groups is 1. The molecule has 0 radical (unpaired) electrons. The lowest BCUT2D eigenvalue weighted by atomic mass is 10.3. The molecule has 2 aliphatic heterocycles. The van der Waals surface area contributed by atoms with E-state index in [1.807, 2.05) is 0 Å². The average molecular weight is 406 g/mol. The summed E-state index contributed by atoms with van der Waals surface area (Å²) in [5, 5.41) is 0. The van der Waals surface area contributed by atoms with Crippen molar-refractivity contribution in [1.29, 1.82) is 0 Å². The van der Waals surface area contributed by atoms with E-state index in [1.165, 1.54) is 16.6 Å². The summed E-state index contributed by atoms with van der Waals surface area (Å²) in [6.07, 6.45) is 2.75. The Hall–Kier alpha value is -2.52. The van der Waals surface area contributed by atoms with Crippen LogP contribution in [0.15, 0.2) is 45.9 Å². The fourth-order valence-electron chi connectivity index (χ4n) is 3.35. The number of amides is 1. The summed E-state index contributed by atoms with van der Waals surface area (Å²) >= 11 is 0. The highest BCUT2D eigenvalue weighted by Gasteiger charge is 2.30. The monoisotopic (exact) mass is 406 g/mol. The topological polar surface area (TPSA) is 89.3 Å². The van der Waals surface area contributed by atoms with Gasteiger partial charge in [0.25, 0.3) is 5.91 Å². The first-order valence-electron chi connectivity index (χ1n) is 9.28. The lowest BCUT2D eigenvalue weighted by Gasteiger charge is -2.21. The Bertz CT molecular complexity index is 941. The van der Waals surface area contributed by atoms with Crippen LogP contribution in [-0.2, 0) is 10.0 Å². The van der Waals surface area contributed by atoms with Crippen LogP contribution in [0.25, 0.3) is 0 Å². The molecule has 0 N–H and O–H groups in total. The number of ether oxygens (including phenoxy) is 2. The Morgan fingerprint density at radius 2 is 1.75 bits per heavy atom. The molecular formula is C19H22N2O6S. The molecule has 2 aliphatic rings. The van der Waals surface area contributed by atoms with E-state index in [0.717, 1.165) is 6.42 Å². The Kier molecular flexibility index (Phi) is 5.27. The summed E-state index contributed by atoms with van der Waals surface area (Å²) in [7, 11) is -3.70. The molecule has 0 bridgehead atoms. The van der Waals surface area contributed by atoms with Crippen molar-refractivity contribution in [2.75, 3.05) is 39.4 Å². The third kappa shape index (κ3) is 3.72. The molecule has 150 valence electrons. The standard InChI is InChI=1S/C19H22N2O6S/c22-19(17-4-1-11-26-17)20-7-2-8-21(10-9-20)28(23,24)15-5-6-16-18(14-15)27-13-3-12-25-16/h1,4-6,11,14H,2-3,7-10,12-13H2. The molecule has 4 rings (SSSR count). The predicted octanol–water partition coefficient (Wildman–Crippen LogP) is 1.98. The van der Waals surface area contributed by atoms with Crippen molar-refractivity contribution in [3.05, 3.63) is 42.4 Å². The van der Waals surface area contributed by atoms with Crippen LogP contribution in [-0.4, -0.2) is 62.9 Å². The smallest absolute Gasteiger partial charge is 0.289 e. The normalized spacial score (nSPS) is 18.4. The van der Waals surface area contributed by atoms with Crippen LogP contribution in [0.1, 0.15) is 23.4 Å². The second kappa shape index (κ2) is 7.84. The Morgan fingerprint density at radius 3 is 2.54 bits per heavy atom. The minimum absolute atomic E-state index is 0.169. The highest BCUT2D eigenvalue weighted by molar-refractivity contribution is 7.89. The zero-order chi connectivity index (χ0) is 19.6. The number of carbonyl (C=O) groups excluding carboxylic acids is 1. The van der Waals surface area contributed by atoms with Crippen molar-refractivity contribution in [2.45, 2.75) is 17.7 Å². The van der Waals surface area contributed by atoms with Crippen LogP contribution < -0.4 is 9.47 Å². The number of rotatable bonds is 3. The van der Waals surface area contributed by atoms with Crippen molar-refractivity contribution >= 4 is 15.9 Å². The number of furan rings is 1. The third-order valence-electron chi connectivity index (χ3n) is 4.83. The molecule has 1 amide bonds. The maximum Gasteiger partial charge on any atom is 0.289 e. The second-order valence-corrected chi connectivity index (χ2v) is 8.62. The van der Waals surface area contributed by atoms with E-state index in [0.29, 0.717) is 50.8 Å². The molecule has 1 aromatic carbocycles. The Balaban J connectivity index is 1.50. The Morgan fingerprint density at radius 1 is 0.929 bits per heavy atom. The first-order chi connectivity index (χ1) is 13.6. The SMILES string of the molecule is O=C(c1ccco1)N1CCCN(S(=O)(=O)c2ccc3c(c2)OCCCO3)CC1. The number of sulfonamides is 1. The molecule has 9 heteroatoms. The van der Waals surface area contributed by atoms with Crippen LogP contribution >= 0.6 is 0 Å². The fraction of sp³-hybridized carbons (Fsp3) is 0.421. The summed E-state index contributed by atoms with van der Waals surface area (Å²) in [4.78, 5) is 14.3. The average Bonchev–Trinajstić information content (AvgIpc) is 2.97. The maximum absolute atomic E-state index is 13.1. The fourth-order valence-corrected chi connectivity index (χ4v) is 4.83. The van der Waals surface area contributed by atoms with Crippen molar-refractivity contribution in [3.8, 4) is 11.5 Å². The van der Waals surface area contributed by atoms with Crippen LogP contribution in [0, 0.1) is 0 Å². The van der Waals surface area contributed by atoms with Crippen LogP contribution in [0.5, 0.6) is 11.5 Å². The molecule has 0 atom stereocenters. The van der Waals surface area contributed by atoms with Crippen molar-refractivity contribution in [2.24, 2.45) is 0 Å². The molecular weight excluding hydrogens is 384 g/mol. The molecule has 1 saturated heterocycles.